The van der Waals surface area contributed by atoms with Crippen molar-refractivity contribution in [2.75, 3.05) is 0 Å². The van der Waals surface area contributed by atoms with Crippen LogP contribution >= 0.6 is 0 Å². The second-order valence-electron chi connectivity index (χ2n) is 3.79. The number of nitrogens with one attached hydrogen (secondary N) is 1. The Morgan fingerprint density at radius 2 is 2.06 bits per heavy atom. The molecule has 0 aliphatic heterocycles. The fraction of sp³-hybridized carbons (Fsp3) is 0.167. The quantitative estimate of drug-likeness (QED) is 0.925. The number of sulfonamides is 1. The summed E-state index contributed by atoms with van der Waals surface area (Å²) >= 11 is 0. The van der Waals surface area contributed by atoms with Crippen molar-refractivity contribution in [3.8, 4) is 0 Å². The van der Waals surface area contributed by atoms with E-state index in [0.29, 0.717) is 11.5 Å². The van der Waals surface area contributed by atoms with Crippen molar-refractivity contribution >= 4 is 10.0 Å². The Morgan fingerprint density at radius 3 is 2.67 bits per heavy atom. The molecular weight excluding hydrogens is 257 g/mol. The lowest BCUT2D eigenvalue weighted by molar-refractivity contribution is 0.475. The van der Waals surface area contributed by atoms with Gasteiger partial charge in [0.25, 0.3) is 0 Å². The van der Waals surface area contributed by atoms with E-state index in [9.17, 15) is 12.8 Å². The topological polar surface area (TPSA) is 59.3 Å². The maximum atomic E-state index is 13.0. The SMILES string of the molecule is Cc1ccc(CNS(=O)(=O)c2cccc(F)c2)o1. The second-order valence-corrected chi connectivity index (χ2v) is 5.56. The van der Waals surface area contributed by atoms with Crippen LogP contribution in [0.5, 0.6) is 0 Å². The Hall–Kier alpha value is -1.66. The molecule has 0 bridgehead atoms. The lowest BCUT2D eigenvalue weighted by atomic mass is 10.4. The molecule has 0 amide bonds. The Morgan fingerprint density at radius 1 is 1.28 bits per heavy atom. The lowest BCUT2D eigenvalue weighted by Crippen LogP contribution is -2.23. The summed E-state index contributed by atoms with van der Waals surface area (Å²) in [5, 5.41) is 0. The van der Waals surface area contributed by atoms with Crippen LogP contribution in [-0.2, 0) is 16.6 Å². The van der Waals surface area contributed by atoms with Gasteiger partial charge in [-0.3, -0.25) is 0 Å². The first kappa shape index (κ1) is 12.8. The van der Waals surface area contributed by atoms with Crippen molar-refractivity contribution in [3.63, 3.8) is 0 Å². The predicted molar refractivity (Wildman–Crippen MR) is 63.9 cm³/mol. The van der Waals surface area contributed by atoms with Gasteiger partial charge in [-0.1, -0.05) is 6.07 Å². The summed E-state index contributed by atoms with van der Waals surface area (Å²) in [7, 11) is -3.72. The van der Waals surface area contributed by atoms with Crippen molar-refractivity contribution in [2.24, 2.45) is 0 Å². The van der Waals surface area contributed by atoms with Gasteiger partial charge in [0.05, 0.1) is 11.4 Å². The summed E-state index contributed by atoms with van der Waals surface area (Å²) in [5.41, 5.74) is 0. The van der Waals surface area contributed by atoms with Crippen molar-refractivity contribution in [1.29, 1.82) is 0 Å². The average molecular weight is 269 g/mol. The van der Waals surface area contributed by atoms with Gasteiger partial charge in [0.2, 0.25) is 10.0 Å². The van der Waals surface area contributed by atoms with E-state index in [1.54, 1.807) is 19.1 Å². The molecule has 0 aliphatic rings. The van der Waals surface area contributed by atoms with Crippen LogP contribution in [0.2, 0.25) is 0 Å². The van der Waals surface area contributed by atoms with Gasteiger partial charge in [0.15, 0.2) is 0 Å². The van der Waals surface area contributed by atoms with Crippen molar-refractivity contribution in [2.45, 2.75) is 18.4 Å². The van der Waals surface area contributed by atoms with Gasteiger partial charge in [0, 0.05) is 0 Å². The molecule has 2 rings (SSSR count). The second kappa shape index (κ2) is 4.91. The Kier molecular flexibility index (Phi) is 3.49. The van der Waals surface area contributed by atoms with Crippen molar-refractivity contribution < 1.29 is 17.2 Å². The summed E-state index contributed by atoms with van der Waals surface area (Å²) in [5.74, 6) is 0.620. The molecular formula is C12H12FNO3S. The summed E-state index contributed by atoms with van der Waals surface area (Å²) in [6, 6.07) is 8.26. The predicted octanol–water partition coefficient (Wildman–Crippen LogP) is 2.21. The van der Waals surface area contributed by atoms with Crippen LogP contribution < -0.4 is 4.72 Å². The molecule has 1 heterocycles. The highest BCUT2D eigenvalue weighted by Crippen LogP contribution is 2.12. The third-order valence-corrected chi connectivity index (χ3v) is 3.74. The first-order valence-corrected chi connectivity index (χ1v) is 6.76. The minimum absolute atomic E-state index is 0.0344. The highest BCUT2D eigenvalue weighted by atomic mass is 32.2. The van der Waals surface area contributed by atoms with Crippen LogP contribution in [0, 0.1) is 12.7 Å². The molecule has 0 saturated carbocycles. The van der Waals surface area contributed by atoms with Gasteiger partial charge < -0.3 is 4.42 Å². The normalized spacial score (nSPS) is 11.7. The molecule has 4 nitrogen and oxygen atoms in total. The number of furan rings is 1. The number of aryl methyl sites for hydroxylation is 1. The zero-order chi connectivity index (χ0) is 13.2. The Balaban J connectivity index is 2.13. The van der Waals surface area contributed by atoms with Crippen LogP contribution in [0.4, 0.5) is 4.39 Å². The highest BCUT2D eigenvalue weighted by molar-refractivity contribution is 7.89. The third-order valence-electron chi connectivity index (χ3n) is 2.34. The maximum Gasteiger partial charge on any atom is 0.241 e. The van der Waals surface area contributed by atoms with Crippen LogP contribution in [-0.4, -0.2) is 8.42 Å². The van der Waals surface area contributed by atoms with E-state index in [4.69, 9.17) is 4.42 Å². The van der Waals surface area contributed by atoms with Crippen LogP contribution in [0.25, 0.3) is 0 Å². The molecule has 1 N–H and O–H groups in total. The molecule has 0 aliphatic carbocycles. The minimum atomic E-state index is -3.72. The van der Waals surface area contributed by atoms with E-state index in [1.165, 1.54) is 18.2 Å². The smallest absolute Gasteiger partial charge is 0.241 e. The highest BCUT2D eigenvalue weighted by Gasteiger charge is 2.14. The van der Waals surface area contributed by atoms with E-state index in [2.05, 4.69) is 4.72 Å². The van der Waals surface area contributed by atoms with Crippen LogP contribution in [0.15, 0.2) is 45.7 Å². The van der Waals surface area contributed by atoms with E-state index < -0.39 is 15.8 Å². The molecule has 0 spiro atoms. The molecule has 96 valence electrons. The molecule has 0 saturated heterocycles. The van der Waals surface area contributed by atoms with Gasteiger partial charge in [-0.05, 0) is 37.3 Å². The van der Waals surface area contributed by atoms with Crippen LogP contribution in [0.3, 0.4) is 0 Å². The number of hydrogen-bond donors (Lipinski definition) is 1. The molecule has 0 fully saturated rings. The molecule has 0 unspecified atom stereocenters. The average Bonchev–Trinajstić information content (AvgIpc) is 2.73. The first-order chi connectivity index (χ1) is 8.47. The molecule has 6 heteroatoms. The Bertz CT molecular complexity index is 649. The zero-order valence-corrected chi connectivity index (χ0v) is 10.5. The van der Waals surface area contributed by atoms with Crippen molar-refractivity contribution in [3.05, 3.63) is 53.7 Å². The van der Waals surface area contributed by atoms with Crippen LogP contribution in [0.1, 0.15) is 11.5 Å². The lowest BCUT2D eigenvalue weighted by Gasteiger charge is -2.05. The van der Waals surface area contributed by atoms with E-state index >= 15 is 0 Å². The summed E-state index contributed by atoms with van der Waals surface area (Å²) < 4.78 is 44.2. The Labute approximate surface area is 104 Å². The minimum Gasteiger partial charge on any atom is -0.465 e. The number of hydrogen-bond acceptors (Lipinski definition) is 3. The maximum absolute atomic E-state index is 13.0. The molecule has 18 heavy (non-hydrogen) atoms. The summed E-state index contributed by atoms with van der Waals surface area (Å²) in [6.45, 7) is 1.80. The molecule has 2 aromatic rings. The first-order valence-electron chi connectivity index (χ1n) is 5.28. The van der Waals surface area contributed by atoms with Crippen molar-refractivity contribution in [1.82, 2.24) is 4.72 Å². The largest absolute Gasteiger partial charge is 0.465 e. The zero-order valence-electron chi connectivity index (χ0n) is 9.68. The molecule has 1 aromatic carbocycles. The van der Waals surface area contributed by atoms with E-state index in [1.807, 2.05) is 0 Å². The van der Waals surface area contributed by atoms with Gasteiger partial charge in [0.1, 0.15) is 17.3 Å². The molecule has 1 aromatic heterocycles. The number of halogens is 1. The van der Waals surface area contributed by atoms with Gasteiger partial charge in [-0.2, -0.15) is 0 Å². The standard InChI is InChI=1S/C12H12FNO3S/c1-9-5-6-11(17-9)8-14-18(15,16)12-4-2-3-10(13)7-12/h2-7,14H,8H2,1H3. The fourth-order valence-corrected chi connectivity index (χ4v) is 2.49. The summed E-state index contributed by atoms with van der Waals surface area (Å²) in [4.78, 5) is -0.106. The van der Waals surface area contributed by atoms with Gasteiger partial charge >= 0.3 is 0 Å². The molecule has 0 atom stereocenters. The van der Waals surface area contributed by atoms with Gasteiger partial charge in [-0.15, -0.1) is 0 Å². The summed E-state index contributed by atoms with van der Waals surface area (Å²) in [6.07, 6.45) is 0. The monoisotopic (exact) mass is 269 g/mol. The molecule has 0 radical (unpaired) electrons. The van der Waals surface area contributed by atoms with E-state index in [0.717, 1.165) is 6.07 Å². The third kappa shape index (κ3) is 2.96. The number of rotatable bonds is 4. The van der Waals surface area contributed by atoms with E-state index in [-0.39, 0.29) is 11.4 Å². The fourth-order valence-electron chi connectivity index (χ4n) is 1.46. The van der Waals surface area contributed by atoms with Gasteiger partial charge in [-0.25, -0.2) is 17.5 Å². The number of benzene rings is 1.